The van der Waals surface area contributed by atoms with Crippen molar-refractivity contribution in [3.8, 4) is 22.8 Å². The molecule has 6 nitrogen and oxygen atoms in total. The van der Waals surface area contributed by atoms with E-state index in [-0.39, 0.29) is 11.9 Å². The number of aryl methyl sites for hydroxylation is 1. The van der Waals surface area contributed by atoms with Gasteiger partial charge in [-0.25, -0.2) is 0 Å². The molecule has 2 aromatic rings. The zero-order chi connectivity index (χ0) is 17.0. The van der Waals surface area contributed by atoms with Crippen molar-refractivity contribution in [2.24, 2.45) is 7.05 Å². The number of carbonyl (C=O) groups is 1. The summed E-state index contributed by atoms with van der Waals surface area (Å²) in [6, 6.07) is 7.39. The van der Waals surface area contributed by atoms with E-state index in [1.807, 2.05) is 26.0 Å². The van der Waals surface area contributed by atoms with Gasteiger partial charge < -0.3 is 14.8 Å². The van der Waals surface area contributed by atoms with Gasteiger partial charge in [-0.3, -0.25) is 9.48 Å². The molecule has 0 bridgehead atoms. The zero-order valence-corrected chi connectivity index (χ0v) is 14.2. The van der Waals surface area contributed by atoms with Crippen molar-refractivity contribution in [1.29, 1.82) is 0 Å². The summed E-state index contributed by atoms with van der Waals surface area (Å²) < 4.78 is 12.2. The normalized spacial score (nSPS) is 11.9. The summed E-state index contributed by atoms with van der Waals surface area (Å²) in [5.41, 5.74) is 2.01. The number of aromatic nitrogens is 2. The molecule has 1 heterocycles. The van der Waals surface area contributed by atoms with Gasteiger partial charge in [0, 0.05) is 24.7 Å². The van der Waals surface area contributed by atoms with Gasteiger partial charge in [0.15, 0.2) is 0 Å². The standard InChI is InChI=1S/C17H23N3O3/c1-6-11(2)18-17(21)15-10-14(19-20(15)3)13-8-7-12(22-4)9-16(13)23-5/h7-11H,6H2,1-5H3,(H,18,21). The van der Waals surface area contributed by atoms with E-state index in [0.29, 0.717) is 22.9 Å². The number of benzene rings is 1. The highest BCUT2D eigenvalue weighted by Crippen LogP contribution is 2.32. The monoisotopic (exact) mass is 317 g/mol. The number of methoxy groups -OCH3 is 2. The van der Waals surface area contributed by atoms with Crippen LogP contribution in [0.4, 0.5) is 0 Å². The lowest BCUT2D eigenvalue weighted by Gasteiger charge is -2.10. The Kier molecular flexibility index (Phi) is 5.26. The third-order valence-electron chi connectivity index (χ3n) is 3.79. The Morgan fingerprint density at radius 3 is 2.65 bits per heavy atom. The Morgan fingerprint density at radius 1 is 1.30 bits per heavy atom. The first-order valence-electron chi connectivity index (χ1n) is 7.57. The Morgan fingerprint density at radius 2 is 2.04 bits per heavy atom. The van der Waals surface area contributed by atoms with Crippen LogP contribution >= 0.6 is 0 Å². The fourth-order valence-electron chi connectivity index (χ4n) is 2.22. The molecule has 1 atom stereocenters. The molecular formula is C17H23N3O3. The summed E-state index contributed by atoms with van der Waals surface area (Å²) in [4.78, 5) is 12.3. The van der Waals surface area contributed by atoms with Gasteiger partial charge in [-0.15, -0.1) is 0 Å². The van der Waals surface area contributed by atoms with Gasteiger partial charge in [-0.05, 0) is 31.5 Å². The van der Waals surface area contributed by atoms with Crippen LogP contribution in [-0.4, -0.2) is 35.9 Å². The summed E-state index contributed by atoms with van der Waals surface area (Å²) in [7, 11) is 4.95. The average molecular weight is 317 g/mol. The molecule has 6 heteroatoms. The average Bonchev–Trinajstić information content (AvgIpc) is 2.95. The second kappa shape index (κ2) is 7.17. The van der Waals surface area contributed by atoms with Crippen LogP contribution in [0, 0.1) is 0 Å². The maximum Gasteiger partial charge on any atom is 0.269 e. The van der Waals surface area contributed by atoms with E-state index in [1.165, 1.54) is 0 Å². The van der Waals surface area contributed by atoms with Crippen molar-refractivity contribution in [3.63, 3.8) is 0 Å². The van der Waals surface area contributed by atoms with Crippen LogP contribution < -0.4 is 14.8 Å². The van der Waals surface area contributed by atoms with Crippen LogP contribution in [0.25, 0.3) is 11.3 Å². The summed E-state index contributed by atoms with van der Waals surface area (Å²) in [6.07, 6.45) is 0.878. The predicted molar refractivity (Wildman–Crippen MR) is 89.0 cm³/mol. The topological polar surface area (TPSA) is 65.4 Å². The van der Waals surface area contributed by atoms with Crippen LogP contribution in [0.2, 0.25) is 0 Å². The summed E-state index contributed by atoms with van der Waals surface area (Å²) in [5, 5.41) is 7.38. The molecule has 1 aromatic heterocycles. The SMILES string of the molecule is CCC(C)NC(=O)c1cc(-c2ccc(OC)cc2OC)nn1C. The lowest BCUT2D eigenvalue weighted by Crippen LogP contribution is -2.33. The van der Waals surface area contributed by atoms with Gasteiger partial charge in [0.05, 0.1) is 19.9 Å². The molecule has 23 heavy (non-hydrogen) atoms. The van der Waals surface area contributed by atoms with Crippen molar-refractivity contribution in [3.05, 3.63) is 30.0 Å². The number of nitrogens with one attached hydrogen (secondary N) is 1. The lowest BCUT2D eigenvalue weighted by molar-refractivity contribution is 0.0929. The highest BCUT2D eigenvalue weighted by Gasteiger charge is 2.18. The van der Waals surface area contributed by atoms with Gasteiger partial charge in [0.25, 0.3) is 5.91 Å². The maximum absolute atomic E-state index is 12.3. The Bertz CT molecular complexity index is 694. The molecule has 0 saturated carbocycles. The first kappa shape index (κ1) is 16.9. The Labute approximate surface area is 136 Å². The molecule has 2 rings (SSSR count). The van der Waals surface area contributed by atoms with Gasteiger partial charge in [0.2, 0.25) is 0 Å². The molecule has 0 aliphatic rings. The Hall–Kier alpha value is -2.50. The van der Waals surface area contributed by atoms with E-state index < -0.39 is 0 Å². The van der Waals surface area contributed by atoms with E-state index in [0.717, 1.165) is 12.0 Å². The van der Waals surface area contributed by atoms with Gasteiger partial charge >= 0.3 is 0 Å². The fraction of sp³-hybridized carbons (Fsp3) is 0.412. The molecule has 1 aromatic carbocycles. The number of nitrogens with zero attached hydrogens (tertiary/aromatic N) is 2. The number of ether oxygens (including phenoxy) is 2. The van der Waals surface area contributed by atoms with Crippen LogP contribution in [0.5, 0.6) is 11.5 Å². The van der Waals surface area contributed by atoms with E-state index >= 15 is 0 Å². The largest absolute Gasteiger partial charge is 0.497 e. The fourth-order valence-corrected chi connectivity index (χ4v) is 2.22. The van der Waals surface area contributed by atoms with Gasteiger partial charge in [-0.1, -0.05) is 6.92 Å². The number of rotatable bonds is 6. The molecule has 0 spiro atoms. The van der Waals surface area contributed by atoms with Crippen LogP contribution in [-0.2, 0) is 7.05 Å². The van der Waals surface area contributed by atoms with Crippen molar-refractivity contribution in [1.82, 2.24) is 15.1 Å². The number of carbonyl (C=O) groups excluding carboxylic acids is 1. The van der Waals surface area contributed by atoms with E-state index in [4.69, 9.17) is 9.47 Å². The second-order valence-corrected chi connectivity index (χ2v) is 5.39. The number of hydrogen-bond donors (Lipinski definition) is 1. The molecule has 0 radical (unpaired) electrons. The number of hydrogen-bond acceptors (Lipinski definition) is 4. The molecule has 0 aliphatic heterocycles. The minimum absolute atomic E-state index is 0.122. The Balaban J connectivity index is 2.36. The van der Waals surface area contributed by atoms with Crippen LogP contribution in [0.3, 0.4) is 0 Å². The second-order valence-electron chi connectivity index (χ2n) is 5.39. The summed E-state index contributed by atoms with van der Waals surface area (Å²) in [5.74, 6) is 1.22. The molecular weight excluding hydrogens is 294 g/mol. The lowest BCUT2D eigenvalue weighted by atomic mass is 10.1. The van der Waals surface area contributed by atoms with E-state index in [1.54, 1.807) is 38.1 Å². The van der Waals surface area contributed by atoms with Gasteiger partial charge in [0.1, 0.15) is 17.2 Å². The first-order valence-corrected chi connectivity index (χ1v) is 7.57. The van der Waals surface area contributed by atoms with Crippen molar-refractivity contribution in [2.45, 2.75) is 26.3 Å². The zero-order valence-electron chi connectivity index (χ0n) is 14.2. The molecule has 1 amide bonds. The number of amides is 1. The highest BCUT2D eigenvalue weighted by molar-refractivity contribution is 5.94. The quantitative estimate of drug-likeness (QED) is 0.889. The molecule has 1 unspecified atom stereocenters. The molecule has 1 N–H and O–H groups in total. The molecule has 124 valence electrons. The maximum atomic E-state index is 12.3. The van der Waals surface area contributed by atoms with Gasteiger partial charge in [-0.2, -0.15) is 5.10 Å². The summed E-state index contributed by atoms with van der Waals surface area (Å²) in [6.45, 7) is 4.00. The van der Waals surface area contributed by atoms with Crippen molar-refractivity contribution in [2.75, 3.05) is 14.2 Å². The summed E-state index contributed by atoms with van der Waals surface area (Å²) >= 11 is 0. The third-order valence-corrected chi connectivity index (χ3v) is 3.79. The van der Waals surface area contributed by atoms with Crippen LogP contribution in [0.1, 0.15) is 30.8 Å². The molecule has 0 saturated heterocycles. The van der Waals surface area contributed by atoms with Crippen molar-refractivity contribution >= 4 is 5.91 Å². The highest BCUT2D eigenvalue weighted by atomic mass is 16.5. The van der Waals surface area contributed by atoms with E-state index in [9.17, 15) is 4.79 Å². The minimum Gasteiger partial charge on any atom is -0.497 e. The third kappa shape index (κ3) is 3.64. The predicted octanol–water partition coefficient (Wildman–Crippen LogP) is 2.63. The van der Waals surface area contributed by atoms with E-state index in [2.05, 4.69) is 10.4 Å². The van der Waals surface area contributed by atoms with Crippen LogP contribution in [0.15, 0.2) is 24.3 Å². The van der Waals surface area contributed by atoms with Crippen molar-refractivity contribution < 1.29 is 14.3 Å². The smallest absolute Gasteiger partial charge is 0.269 e. The molecule has 0 aliphatic carbocycles. The first-order chi connectivity index (χ1) is 11.0. The molecule has 0 fully saturated rings. The minimum atomic E-state index is -0.131.